The van der Waals surface area contributed by atoms with Crippen LogP contribution in [-0.2, 0) is 0 Å². The highest BCUT2D eigenvalue weighted by molar-refractivity contribution is 7.99. The molecule has 3 heterocycles. The lowest BCUT2D eigenvalue weighted by Gasteiger charge is -2.04. The molecule has 3 N–H and O–H groups in total. The van der Waals surface area contributed by atoms with E-state index in [1.54, 1.807) is 6.33 Å². The van der Waals surface area contributed by atoms with Crippen molar-refractivity contribution in [1.29, 1.82) is 0 Å². The van der Waals surface area contributed by atoms with Crippen LogP contribution in [0.2, 0.25) is 0 Å². The van der Waals surface area contributed by atoms with Crippen molar-refractivity contribution < 1.29 is 0 Å². The molecule has 0 atom stereocenters. The van der Waals surface area contributed by atoms with Gasteiger partial charge in [0.25, 0.3) is 0 Å². The first-order chi connectivity index (χ1) is 8.86. The molecule has 0 aromatic carbocycles. The summed E-state index contributed by atoms with van der Waals surface area (Å²) in [6.07, 6.45) is 3.05. The Hall–Kier alpha value is -2.16. The highest BCUT2D eigenvalue weighted by Crippen LogP contribution is 2.28. The molecule has 0 saturated heterocycles. The maximum absolute atomic E-state index is 4.42. The van der Waals surface area contributed by atoms with Crippen molar-refractivity contribution in [2.45, 2.75) is 17.1 Å². The number of aromatic nitrogens is 7. The summed E-state index contributed by atoms with van der Waals surface area (Å²) < 4.78 is 0. The number of anilines is 1. The van der Waals surface area contributed by atoms with Crippen LogP contribution in [0.5, 0.6) is 0 Å². The van der Waals surface area contributed by atoms with Crippen molar-refractivity contribution in [3.63, 3.8) is 0 Å². The van der Waals surface area contributed by atoms with Crippen molar-refractivity contribution in [2.24, 2.45) is 0 Å². The quantitative estimate of drug-likeness (QED) is 0.603. The fourth-order valence-electron chi connectivity index (χ4n) is 1.45. The molecule has 92 valence electrons. The van der Waals surface area contributed by atoms with Crippen LogP contribution in [-0.4, -0.2) is 41.7 Å². The Kier molecular flexibility index (Phi) is 2.81. The van der Waals surface area contributed by atoms with Gasteiger partial charge in [-0.1, -0.05) is 0 Å². The number of H-pyrrole nitrogens is 2. The van der Waals surface area contributed by atoms with Gasteiger partial charge < -0.3 is 10.3 Å². The predicted octanol–water partition coefficient (Wildman–Crippen LogP) is 1.05. The first-order valence-electron chi connectivity index (χ1n) is 5.35. The Labute approximate surface area is 106 Å². The molecule has 0 aliphatic heterocycles. The average molecular weight is 262 g/mol. The van der Waals surface area contributed by atoms with Crippen molar-refractivity contribution in [1.82, 2.24) is 35.1 Å². The van der Waals surface area contributed by atoms with Crippen LogP contribution in [0.15, 0.2) is 22.8 Å². The summed E-state index contributed by atoms with van der Waals surface area (Å²) in [6, 6.07) is 0. The third kappa shape index (κ3) is 1.99. The molecule has 18 heavy (non-hydrogen) atoms. The zero-order chi connectivity index (χ0) is 12.4. The summed E-state index contributed by atoms with van der Waals surface area (Å²) in [5.74, 6) is 0.555. The van der Waals surface area contributed by atoms with E-state index >= 15 is 0 Å². The average Bonchev–Trinajstić information content (AvgIpc) is 2.99. The highest BCUT2D eigenvalue weighted by Gasteiger charge is 2.12. The van der Waals surface area contributed by atoms with Crippen LogP contribution in [0.1, 0.15) is 6.92 Å². The van der Waals surface area contributed by atoms with Crippen molar-refractivity contribution in [3.8, 4) is 0 Å². The molecule has 0 aliphatic rings. The lowest BCUT2D eigenvalue weighted by molar-refractivity contribution is 0.965. The maximum Gasteiger partial charge on any atom is 0.225 e. The summed E-state index contributed by atoms with van der Waals surface area (Å²) in [4.78, 5) is 19.9. The van der Waals surface area contributed by atoms with Gasteiger partial charge in [-0.05, 0) is 18.7 Å². The number of imidazole rings is 1. The molecular weight excluding hydrogens is 252 g/mol. The van der Waals surface area contributed by atoms with E-state index in [1.165, 1.54) is 18.1 Å². The Morgan fingerprint density at radius 3 is 3.06 bits per heavy atom. The van der Waals surface area contributed by atoms with Gasteiger partial charge in [-0.2, -0.15) is 10.1 Å². The predicted molar refractivity (Wildman–Crippen MR) is 66.4 cm³/mol. The van der Waals surface area contributed by atoms with Crippen LogP contribution in [0.3, 0.4) is 0 Å². The normalized spacial score (nSPS) is 10.9. The van der Waals surface area contributed by atoms with Gasteiger partial charge in [0, 0.05) is 6.54 Å². The van der Waals surface area contributed by atoms with Gasteiger partial charge in [0.15, 0.2) is 10.8 Å². The molecule has 0 spiro atoms. The fourth-order valence-corrected chi connectivity index (χ4v) is 2.22. The number of hydrogen-bond donors (Lipinski definition) is 3. The standard InChI is InChI=1S/C9H10N8S/c1-2-10-8-15-6-5(11-3-12-6)7(16-8)18-9-13-4-14-17-9/h3-4H,2H2,1H3,(H,13,14,17)(H2,10,11,12,15,16). The van der Waals surface area contributed by atoms with Gasteiger partial charge >= 0.3 is 0 Å². The second kappa shape index (κ2) is 4.61. The van der Waals surface area contributed by atoms with E-state index in [0.717, 1.165) is 17.1 Å². The minimum atomic E-state index is 0.555. The lowest BCUT2D eigenvalue weighted by Crippen LogP contribution is -2.03. The minimum absolute atomic E-state index is 0.555. The first-order valence-corrected chi connectivity index (χ1v) is 6.16. The SMILES string of the molecule is CCNc1nc(Sc2ncn[nH]2)c2[nH]cnc2n1. The molecule has 0 fully saturated rings. The molecule has 0 bridgehead atoms. The Balaban J connectivity index is 2.04. The second-order valence-electron chi connectivity index (χ2n) is 3.38. The van der Waals surface area contributed by atoms with Crippen LogP contribution in [0.25, 0.3) is 11.2 Å². The molecular formula is C9H10N8S. The monoisotopic (exact) mass is 262 g/mol. The van der Waals surface area contributed by atoms with Gasteiger partial charge in [-0.15, -0.1) is 0 Å². The lowest BCUT2D eigenvalue weighted by atomic mass is 10.5. The minimum Gasteiger partial charge on any atom is -0.354 e. The van der Waals surface area contributed by atoms with E-state index in [4.69, 9.17) is 0 Å². The van der Waals surface area contributed by atoms with E-state index in [0.29, 0.717) is 16.8 Å². The number of rotatable bonds is 4. The van der Waals surface area contributed by atoms with Crippen LogP contribution in [0, 0.1) is 0 Å². The molecule has 3 aromatic rings. The zero-order valence-corrected chi connectivity index (χ0v) is 10.3. The fraction of sp³-hybridized carbons (Fsp3) is 0.222. The van der Waals surface area contributed by atoms with Crippen molar-refractivity contribution >= 4 is 28.9 Å². The van der Waals surface area contributed by atoms with E-state index in [9.17, 15) is 0 Å². The third-order valence-corrected chi connectivity index (χ3v) is 3.05. The summed E-state index contributed by atoms with van der Waals surface area (Å²) in [7, 11) is 0. The van der Waals surface area contributed by atoms with Crippen molar-refractivity contribution in [3.05, 3.63) is 12.7 Å². The Bertz CT molecular complexity index is 646. The summed E-state index contributed by atoms with van der Waals surface area (Å²) >= 11 is 1.38. The molecule has 0 radical (unpaired) electrons. The topological polar surface area (TPSA) is 108 Å². The molecule has 3 rings (SSSR count). The Morgan fingerprint density at radius 1 is 1.33 bits per heavy atom. The summed E-state index contributed by atoms with van der Waals surface area (Å²) in [5.41, 5.74) is 1.42. The smallest absolute Gasteiger partial charge is 0.225 e. The number of hydrogen-bond acceptors (Lipinski definition) is 7. The Morgan fingerprint density at radius 2 is 2.28 bits per heavy atom. The molecule has 0 amide bonds. The van der Waals surface area contributed by atoms with Gasteiger partial charge in [-0.3, -0.25) is 5.10 Å². The van der Waals surface area contributed by atoms with Crippen LogP contribution < -0.4 is 5.32 Å². The zero-order valence-electron chi connectivity index (χ0n) is 9.51. The van der Waals surface area contributed by atoms with Gasteiger partial charge in [0.05, 0.1) is 6.33 Å². The molecule has 9 heteroatoms. The summed E-state index contributed by atoms with van der Waals surface area (Å²) in [6.45, 7) is 2.74. The van der Waals surface area contributed by atoms with Gasteiger partial charge in [0.1, 0.15) is 16.9 Å². The van der Waals surface area contributed by atoms with Gasteiger partial charge in [-0.25, -0.2) is 15.0 Å². The highest BCUT2D eigenvalue weighted by atomic mass is 32.2. The van der Waals surface area contributed by atoms with E-state index in [2.05, 4.69) is 40.4 Å². The van der Waals surface area contributed by atoms with Crippen molar-refractivity contribution in [2.75, 3.05) is 11.9 Å². The molecule has 8 nitrogen and oxygen atoms in total. The third-order valence-electron chi connectivity index (χ3n) is 2.17. The van der Waals surface area contributed by atoms with E-state index in [1.807, 2.05) is 6.92 Å². The maximum atomic E-state index is 4.42. The van der Waals surface area contributed by atoms with E-state index < -0.39 is 0 Å². The van der Waals surface area contributed by atoms with Crippen LogP contribution >= 0.6 is 11.8 Å². The van der Waals surface area contributed by atoms with Crippen LogP contribution in [0.4, 0.5) is 5.95 Å². The molecule has 3 aromatic heterocycles. The number of fused-ring (bicyclic) bond motifs is 1. The number of nitrogens with one attached hydrogen (secondary N) is 3. The number of aromatic amines is 2. The first kappa shape index (κ1) is 11.0. The largest absolute Gasteiger partial charge is 0.354 e. The molecule has 0 saturated carbocycles. The molecule has 0 unspecified atom stereocenters. The van der Waals surface area contributed by atoms with E-state index in [-0.39, 0.29) is 0 Å². The van der Waals surface area contributed by atoms with Gasteiger partial charge in [0.2, 0.25) is 5.95 Å². The summed E-state index contributed by atoms with van der Waals surface area (Å²) in [5, 5.41) is 11.1. The second-order valence-corrected chi connectivity index (χ2v) is 4.35. The molecule has 0 aliphatic carbocycles. The number of nitrogens with zero attached hydrogens (tertiary/aromatic N) is 5.